The first-order valence-electron chi connectivity index (χ1n) is 7.06. The van der Waals surface area contributed by atoms with E-state index in [1.165, 1.54) is 0 Å². The molecule has 0 saturated heterocycles. The zero-order valence-electron chi connectivity index (χ0n) is 12.5. The SMILES string of the molecule is CCN(CCCOCCc1ccon1)CCN(C)C. The fourth-order valence-corrected chi connectivity index (χ4v) is 1.80. The van der Waals surface area contributed by atoms with Gasteiger partial charge in [0.1, 0.15) is 6.26 Å². The predicted molar refractivity (Wildman–Crippen MR) is 76.3 cm³/mol. The Morgan fingerprint density at radius 3 is 2.68 bits per heavy atom. The molecule has 1 aromatic rings. The van der Waals surface area contributed by atoms with E-state index in [0.29, 0.717) is 0 Å². The predicted octanol–water partition coefficient (Wildman–Crippen LogP) is 1.51. The second-order valence-corrected chi connectivity index (χ2v) is 4.94. The summed E-state index contributed by atoms with van der Waals surface area (Å²) in [6.07, 6.45) is 3.51. The molecule has 110 valence electrons. The Bertz CT molecular complexity index is 302. The highest BCUT2D eigenvalue weighted by Crippen LogP contribution is 1.97. The monoisotopic (exact) mass is 269 g/mol. The van der Waals surface area contributed by atoms with Crippen LogP contribution in [0.5, 0.6) is 0 Å². The van der Waals surface area contributed by atoms with Gasteiger partial charge in [0, 0.05) is 38.7 Å². The van der Waals surface area contributed by atoms with E-state index in [1.807, 2.05) is 6.07 Å². The minimum atomic E-state index is 0.719. The molecule has 0 aromatic carbocycles. The Labute approximate surface area is 116 Å². The van der Waals surface area contributed by atoms with Gasteiger partial charge in [-0.05, 0) is 27.1 Å². The largest absolute Gasteiger partial charge is 0.381 e. The second-order valence-electron chi connectivity index (χ2n) is 4.94. The number of rotatable bonds is 11. The molecular formula is C14H27N3O2. The molecule has 1 rings (SSSR count). The van der Waals surface area contributed by atoms with Gasteiger partial charge in [0.25, 0.3) is 0 Å². The number of likely N-dealkylation sites (N-methyl/N-ethyl adjacent to an activating group) is 2. The first-order chi connectivity index (χ1) is 9.22. The number of hydrogen-bond acceptors (Lipinski definition) is 5. The van der Waals surface area contributed by atoms with Gasteiger partial charge in [-0.3, -0.25) is 0 Å². The molecule has 5 nitrogen and oxygen atoms in total. The standard InChI is InChI=1S/C14H27N3O2/c1-4-17(10-9-16(2)3)8-5-11-18-12-6-14-7-13-19-15-14/h7,13H,4-6,8-12H2,1-3H3. The van der Waals surface area contributed by atoms with Gasteiger partial charge in [0.05, 0.1) is 12.3 Å². The highest BCUT2D eigenvalue weighted by atomic mass is 16.5. The molecule has 0 radical (unpaired) electrons. The Balaban J connectivity index is 1.96. The van der Waals surface area contributed by atoms with Crippen molar-refractivity contribution >= 4 is 0 Å². The molecule has 0 amide bonds. The van der Waals surface area contributed by atoms with Gasteiger partial charge in [-0.2, -0.15) is 0 Å². The highest BCUT2D eigenvalue weighted by Gasteiger charge is 2.02. The van der Waals surface area contributed by atoms with Crippen molar-refractivity contribution in [1.82, 2.24) is 15.0 Å². The van der Waals surface area contributed by atoms with E-state index in [-0.39, 0.29) is 0 Å². The minimum absolute atomic E-state index is 0.719. The van der Waals surface area contributed by atoms with Crippen LogP contribution in [-0.4, -0.2) is 68.4 Å². The number of ether oxygens (including phenoxy) is 1. The summed E-state index contributed by atoms with van der Waals surface area (Å²) in [7, 11) is 4.22. The molecule has 5 heteroatoms. The van der Waals surface area contributed by atoms with E-state index in [2.05, 4.69) is 36.0 Å². The Morgan fingerprint density at radius 1 is 1.21 bits per heavy atom. The Morgan fingerprint density at radius 2 is 2.05 bits per heavy atom. The van der Waals surface area contributed by atoms with Crippen molar-refractivity contribution < 1.29 is 9.26 Å². The van der Waals surface area contributed by atoms with Crippen LogP contribution < -0.4 is 0 Å². The van der Waals surface area contributed by atoms with E-state index in [0.717, 1.165) is 57.9 Å². The summed E-state index contributed by atoms with van der Waals surface area (Å²) in [5.74, 6) is 0. The van der Waals surface area contributed by atoms with E-state index >= 15 is 0 Å². The lowest BCUT2D eigenvalue weighted by atomic mass is 10.3. The van der Waals surface area contributed by atoms with Gasteiger partial charge < -0.3 is 19.1 Å². The molecule has 1 aromatic heterocycles. The third-order valence-corrected chi connectivity index (χ3v) is 3.07. The summed E-state index contributed by atoms with van der Waals surface area (Å²) >= 11 is 0. The van der Waals surface area contributed by atoms with Crippen molar-refractivity contribution in [2.45, 2.75) is 19.8 Å². The molecule has 0 atom stereocenters. The first kappa shape index (κ1) is 16.1. The van der Waals surface area contributed by atoms with Crippen molar-refractivity contribution in [3.8, 4) is 0 Å². The summed E-state index contributed by atoms with van der Waals surface area (Å²) in [6.45, 7) is 8.19. The summed E-state index contributed by atoms with van der Waals surface area (Å²) in [5, 5.41) is 3.85. The topological polar surface area (TPSA) is 41.7 Å². The van der Waals surface area contributed by atoms with Crippen molar-refractivity contribution in [2.24, 2.45) is 0 Å². The molecule has 19 heavy (non-hydrogen) atoms. The molecule has 0 aliphatic heterocycles. The van der Waals surface area contributed by atoms with Gasteiger partial charge in [0.15, 0.2) is 0 Å². The Kier molecular flexibility index (Phi) is 8.45. The van der Waals surface area contributed by atoms with Crippen LogP contribution in [0.15, 0.2) is 16.9 Å². The zero-order chi connectivity index (χ0) is 13.9. The van der Waals surface area contributed by atoms with Crippen molar-refractivity contribution in [1.29, 1.82) is 0 Å². The van der Waals surface area contributed by atoms with Crippen LogP contribution in [0.2, 0.25) is 0 Å². The van der Waals surface area contributed by atoms with Crippen LogP contribution in [0.1, 0.15) is 19.0 Å². The molecule has 0 N–H and O–H groups in total. The highest BCUT2D eigenvalue weighted by molar-refractivity contribution is 4.94. The van der Waals surface area contributed by atoms with Gasteiger partial charge >= 0.3 is 0 Å². The molecule has 0 aliphatic rings. The average Bonchev–Trinajstić information content (AvgIpc) is 2.90. The van der Waals surface area contributed by atoms with Crippen LogP contribution >= 0.6 is 0 Å². The van der Waals surface area contributed by atoms with Crippen LogP contribution in [0.4, 0.5) is 0 Å². The minimum Gasteiger partial charge on any atom is -0.381 e. The van der Waals surface area contributed by atoms with Crippen LogP contribution in [-0.2, 0) is 11.2 Å². The third-order valence-electron chi connectivity index (χ3n) is 3.07. The molecule has 0 bridgehead atoms. The van der Waals surface area contributed by atoms with Crippen LogP contribution in [0, 0.1) is 0 Å². The lowest BCUT2D eigenvalue weighted by Gasteiger charge is -2.22. The third kappa shape index (κ3) is 7.97. The lowest BCUT2D eigenvalue weighted by Crippen LogP contribution is -2.32. The quantitative estimate of drug-likeness (QED) is 0.570. The second kappa shape index (κ2) is 9.95. The van der Waals surface area contributed by atoms with Crippen molar-refractivity contribution in [2.75, 3.05) is 53.5 Å². The summed E-state index contributed by atoms with van der Waals surface area (Å²) in [6, 6.07) is 1.88. The fourth-order valence-electron chi connectivity index (χ4n) is 1.80. The van der Waals surface area contributed by atoms with Crippen LogP contribution in [0.3, 0.4) is 0 Å². The molecule has 0 unspecified atom stereocenters. The van der Waals surface area contributed by atoms with Crippen molar-refractivity contribution in [3.63, 3.8) is 0 Å². The molecule has 0 aliphatic carbocycles. The number of aromatic nitrogens is 1. The molecule has 1 heterocycles. The van der Waals surface area contributed by atoms with Gasteiger partial charge in [-0.15, -0.1) is 0 Å². The zero-order valence-corrected chi connectivity index (χ0v) is 12.5. The van der Waals surface area contributed by atoms with E-state index in [1.54, 1.807) is 6.26 Å². The molecule has 0 spiro atoms. The maximum absolute atomic E-state index is 5.61. The van der Waals surface area contributed by atoms with Gasteiger partial charge in [-0.25, -0.2) is 0 Å². The van der Waals surface area contributed by atoms with E-state index < -0.39 is 0 Å². The van der Waals surface area contributed by atoms with Gasteiger partial charge in [0.2, 0.25) is 0 Å². The van der Waals surface area contributed by atoms with Gasteiger partial charge in [-0.1, -0.05) is 12.1 Å². The Hall–Kier alpha value is -0.910. The molecule has 0 fully saturated rings. The maximum atomic E-state index is 5.61. The first-order valence-corrected chi connectivity index (χ1v) is 7.06. The fraction of sp³-hybridized carbons (Fsp3) is 0.786. The average molecular weight is 269 g/mol. The lowest BCUT2D eigenvalue weighted by molar-refractivity contribution is 0.121. The number of nitrogens with zero attached hydrogens (tertiary/aromatic N) is 3. The summed E-state index contributed by atoms with van der Waals surface area (Å²) in [5.41, 5.74) is 0.959. The smallest absolute Gasteiger partial charge is 0.124 e. The van der Waals surface area contributed by atoms with E-state index in [9.17, 15) is 0 Å². The molecular weight excluding hydrogens is 242 g/mol. The summed E-state index contributed by atoms with van der Waals surface area (Å²) < 4.78 is 10.4. The summed E-state index contributed by atoms with van der Waals surface area (Å²) in [4.78, 5) is 4.68. The normalized spacial score (nSPS) is 11.6. The van der Waals surface area contributed by atoms with Crippen LogP contribution in [0.25, 0.3) is 0 Å². The van der Waals surface area contributed by atoms with Crippen molar-refractivity contribution in [3.05, 3.63) is 18.0 Å². The molecule has 0 saturated carbocycles. The van der Waals surface area contributed by atoms with E-state index in [4.69, 9.17) is 9.26 Å². The number of hydrogen-bond donors (Lipinski definition) is 0. The maximum Gasteiger partial charge on any atom is 0.124 e.